The lowest BCUT2D eigenvalue weighted by atomic mass is 10.2. The standard InChI is InChI=1S/C20H26N6O3S/c1-3-25-19(24-8-10-29-11-9-24)22-23-20(25)30-13-18(28)26-14(2)12-17(27)21-15-6-4-5-7-16(15)26/h4-7,14H,3,8-13H2,1-2H3,(H,21,27)/t14-/m0/s1. The number of ether oxygens (including phenoxy) is 1. The van der Waals surface area contributed by atoms with Crippen LogP contribution in [0.2, 0.25) is 0 Å². The van der Waals surface area contributed by atoms with E-state index in [9.17, 15) is 9.59 Å². The second kappa shape index (κ2) is 9.05. The van der Waals surface area contributed by atoms with E-state index in [0.29, 0.717) is 18.9 Å². The van der Waals surface area contributed by atoms with Gasteiger partial charge >= 0.3 is 0 Å². The van der Waals surface area contributed by atoms with Gasteiger partial charge in [0, 0.05) is 32.1 Å². The SMILES string of the molecule is CCn1c(SCC(=O)N2c3ccccc3NC(=O)C[C@@H]2C)nnc1N1CCOCC1. The number of thioether (sulfide) groups is 1. The normalized spacial score (nSPS) is 19.3. The maximum Gasteiger partial charge on any atom is 0.237 e. The number of rotatable bonds is 5. The Hall–Kier alpha value is -2.59. The fraction of sp³-hybridized carbons (Fsp3) is 0.500. The number of nitrogens with one attached hydrogen (secondary N) is 1. The number of amides is 2. The van der Waals surface area contributed by atoms with Gasteiger partial charge in [0.1, 0.15) is 0 Å². The molecule has 0 aliphatic carbocycles. The zero-order valence-corrected chi connectivity index (χ0v) is 18.0. The molecule has 3 heterocycles. The van der Waals surface area contributed by atoms with Crippen molar-refractivity contribution < 1.29 is 14.3 Å². The summed E-state index contributed by atoms with van der Waals surface area (Å²) in [4.78, 5) is 29.2. The summed E-state index contributed by atoms with van der Waals surface area (Å²) < 4.78 is 7.46. The average molecular weight is 431 g/mol. The number of para-hydroxylation sites is 2. The smallest absolute Gasteiger partial charge is 0.237 e. The number of morpholine rings is 1. The number of benzene rings is 1. The molecule has 160 valence electrons. The summed E-state index contributed by atoms with van der Waals surface area (Å²) in [6.07, 6.45) is 0.261. The van der Waals surface area contributed by atoms with Gasteiger partial charge in [0.25, 0.3) is 0 Å². The third-order valence-corrected chi connectivity index (χ3v) is 6.21. The Morgan fingerprint density at radius 2 is 2.03 bits per heavy atom. The summed E-state index contributed by atoms with van der Waals surface area (Å²) in [6, 6.07) is 7.18. The first-order valence-electron chi connectivity index (χ1n) is 10.2. The van der Waals surface area contributed by atoms with Gasteiger partial charge in [-0.05, 0) is 26.0 Å². The number of nitrogens with zero attached hydrogens (tertiary/aromatic N) is 5. The molecule has 1 aromatic carbocycles. The molecule has 2 amide bonds. The lowest BCUT2D eigenvalue weighted by Gasteiger charge is -2.28. The Morgan fingerprint density at radius 1 is 1.27 bits per heavy atom. The Kier molecular flexibility index (Phi) is 6.24. The van der Waals surface area contributed by atoms with Crippen LogP contribution in [0.15, 0.2) is 29.4 Å². The minimum absolute atomic E-state index is 0.0602. The van der Waals surface area contributed by atoms with Crippen molar-refractivity contribution in [2.24, 2.45) is 0 Å². The summed E-state index contributed by atoms with van der Waals surface area (Å²) in [7, 11) is 0. The second-order valence-electron chi connectivity index (χ2n) is 7.30. The van der Waals surface area contributed by atoms with Crippen molar-refractivity contribution in [3.63, 3.8) is 0 Å². The number of carbonyl (C=O) groups excluding carboxylic acids is 2. The first kappa shape index (κ1) is 20.7. The zero-order valence-electron chi connectivity index (χ0n) is 17.2. The van der Waals surface area contributed by atoms with Crippen LogP contribution in [0.4, 0.5) is 17.3 Å². The summed E-state index contributed by atoms with van der Waals surface area (Å²) in [5.74, 6) is 0.890. The van der Waals surface area contributed by atoms with Crippen molar-refractivity contribution in [3.05, 3.63) is 24.3 Å². The molecule has 1 atom stereocenters. The molecule has 2 aliphatic rings. The van der Waals surface area contributed by atoms with Crippen LogP contribution < -0.4 is 15.1 Å². The lowest BCUT2D eigenvalue weighted by molar-refractivity contribution is -0.117. The third kappa shape index (κ3) is 4.15. The van der Waals surface area contributed by atoms with E-state index in [2.05, 4.69) is 20.4 Å². The first-order chi connectivity index (χ1) is 14.6. The number of hydrogen-bond donors (Lipinski definition) is 1. The molecule has 0 saturated carbocycles. The van der Waals surface area contributed by atoms with Crippen LogP contribution in [0, 0.1) is 0 Å². The van der Waals surface area contributed by atoms with Crippen LogP contribution >= 0.6 is 11.8 Å². The van der Waals surface area contributed by atoms with E-state index in [1.807, 2.05) is 42.7 Å². The van der Waals surface area contributed by atoms with Crippen molar-refractivity contribution >= 4 is 40.9 Å². The average Bonchev–Trinajstić information content (AvgIpc) is 3.11. The molecular weight excluding hydrogens is 404 g/mol. The molecule has 0 spiro atoms. The molecule has 1 fully saturated rings. The van der Waals surface area contributed by atoms with Crippen LogP contribution in [0.5, 0.6) is 0 Å². The predicted octanol–water partition coefficient (Wildman–Crippen LogP) is 1.99. The largest absolute Gasteiger partial charge is 0.378 e. The highest BCUT2D eigenvalue weighted by atomic mass is 32.2. The van der Waals surface area contributed by atoms with Crippen LogP contribution in [-0.4, -0.2) is 64.7 Å². The number of anilines is 3. The highest BCUT2D eigenvalue weighted by Gasteiger charge is 2.30. The molecular formula is C20H26N6O3S. The van der Waals surface area contributed by atoms with E-state index in [1.54, 1.807) is 4.90 Å². The zero-order chi connectivity index (χ0) is 21.1. The molecule has 2 aliphatic heterocycles. The fourth-order valence-corrected chi connectivity index (χ4v) is 4.68. The quantitative estimate of drug-likeness (QED) is 0.725. The maximum absolute atomic E-state index is 13.2. The summed E-state index contributed by atoms with van der Waals surface area (Å²) >= 11 is 1.38. The van der Waals surface area contributed by atoms with Crippen molar-refractivity contribution in [1.82, 2.24) is 14.8 Å². The van der Waals surface area contributed by atoms with Gasteiger partial charge in [-0.2, -0.15) is 0 Å². The Labute approximate surface area is 179 Å². The van der Waals surface area contributed by atoms with E-state index in [4.69, 9.17) is 4.74 Å². The minimum atomic E-state index is -0.227. The molecule has 0 radical (unpaired) electrons. The van der Waals surface area contributed by atoms with Crippen LogP contribution in [0.1, 0.15) is 20.3 Å². The van der Waals surface area contributed by atoms with Gasteiger partial charge < -0.3 is 19.9 Å². The van der Waals surface area contributed by atoms with E-state index < -0.39 is 0 Å². The van der Waals surface area contributed by atoms with Gasteiger partial charge in [-0.15, -0.1) is 10.2 Å². The van der Waals surface area contributed by atoms with E-state index in [-0.39, 0.29) is 30.0 Å². The molecule has 10 heteroatoms. The highest BCUT2D eigenvalue weighted by Crippen LogP contribution is 2.32. The summed E-state index contributed by atoms with van der Waals surface area (Å²) in [5.41, 5.74) is 1.39. The van der Waals surface area contributed by atoms with Gasteiger partial charge in [0.05, 0.1) is 30.3 Å². The van der Waals surface area contributed by atoms with Crippen LogP contribution in [0.3, 0.4) is 0 Å². The molecule has 1 saturated heterocycles. The number of carbonyl (C=O) groups is 2. The Bertz CT molecular complexity index is 927. The highest BCUT2D eigenvalue weighted by molar-refractivity contribution is 7.99. The van der Waals surface area contributed by atoms with Crippen molar-refractivity contribution in [1.29, 1.82) is 0 Å². The second-order valence-corrected chi connectivity index (χ2v) is 8.24. The molecule has 4 rings (SSSR count). The van der Waals surface area contributed by atoms with E-state index in [1.165, 1.54) is 11.8 Å². The summed E-state index contributed by atoms with van der Waals surface area (Å²) in [6.45, 7) is 7.58. The molecule has 9 nitrogen and oxygen atoms in total. The molecule has 1 aromatic heterocycles. The predicted molar refractivity (Wildman–Crippen MR) is 116 cm³/mol. The lowest BCUT2D eigenvalue weighted by Crippen LogP contribution is -2.40. The molecule has 0 bridgehead atoms. The fourth-order valence-electron chi connectivity index (χ4n) is 3.83. The van der Waals surface area contributed by atoms with E-state index in [0.717, 1.165) is 36.4 Å². The molecule has 30 heavy (non-hydrogen) atoms. The molecule has 0 unspecified atom stereocenters. The monoisotopic (exact) mass is 430 g/mol. The maximum atomic E-state index is 13.2. The van der Waals surface area contributed by atoms with Gasteiger partial charge in [-0.25, -0.2) is 0 Å². The van der Waals surface area contributed by atoms with Gasteiger partial charge in [-0.1, -0.05) is 23.9 Å². The van der Waals surface area contributed by atoms with Crippen molar-refractivity contribution in [2.75, 3.05) is 47.2 Å². The minimum Gasteiger partial charge on any atom is -0.378 e. The first-order valence-corrected chi connectivity index (χ1v) is 11.2. The molecule has 2 aromatic rings. The Balaban J connectivity index is 1.51. The number of hydrogen-bond acceptors (Lipinski definition) is 7. The molecule has 1 N–H and O–H groups in total. The van der Waals surface area contributed by atoms with Crippen molar-refractivity contribution in [2.45, 2.75) is 38.0 Å². The Morgan fingerprint density at radius 3 is 2.80 bits per heavy atom. The van der Waals surface area contributed by atoms with E-state index >= 15 is 0 Å². The van der Waals surface area contributed by atoms with Gasteiger partial charge in [0.15, 0.2) is 5.16 Å². The van der Waals surface area contributed by atoms with Gasteiger partial charge in [0.2, 0.25) is 17.8 Å². The summed E-state index contributed by atoms with van der Waals surface area (Å²) in [5, 5.41) is 12.3. The number of aromatic nitrogens is 3. The van der Waals surface area contributed by atoms with Crippen LogP contribution in [0.25, 0.3) is 0 Å². The topological polar surface area (TPSA) is 92.6 Å². The van der Waals surface area contributed by atoms with Crippen molar-refractivity contribution in [3.8, 4) is 0 Å². The van der Waals surface area contributed by atoms with Crippen LogP contribution in [-0.2, 0) is 20.9 Å². The third-order valence-electron chi connectivity index (χ3n) is 5.26. The van der Waals surface area contributed by atoms with Gasteiger partial charge in [-0.3, -0.25) is 14.2 Å². The number of fused-ring (bicyclic) bond motifs is 1.